The molecule has 0 aliphatic heterocycles. The summed E-state index contributed by atoms with van der Waals surface area (Å²) in [6.45, 7) is 2.32. The molecule has 0 aromatic heterocycles. The average molecular weight is 247 g/mol. The summed E-state index contributed by atoms with van der Waals surface area (Å²) in [7, 11) is 1.72. The fourth-order valence-electron chi connectivity index (χ4n) is 2.88. The smallest absolute Gasteiger partial charge is 0.120 e. The SMILES string of the molecule is CCC1CCCC(Nc2cccc(OC)c2)CC1. The van der Waals surface area contributed by atoms with Crippen LogP contribution in [0.4, 0.5) is 5.69 Å². The van der Waals surface area contributed by atoms with Crippen LogP contribution in [-0.2, 0) is 0 Å². The van der Waals surface area contributed by atoms with Crippen LogP contribution in [0.3, 0.4) is 0 Å². The van der Waals surface area contributed by atoms with Gasteiger partial charge in [0.1, 0.15) is 5.75 Å². The van der Waals surface area contributed by atoms with Crippen LogP contribution in [0.5, 0.6) is 5.75 Å². The standard InChI is InChI=1S/C16H25NO/c1-3-13-6-4-7-14(11-10-13)17-15-8-5-9-16(12-15)18-2/h5,8-9,12-14,17H,3-4,6-7,10-11H2,1-2H3. The van der Waals surface area contributed by atoms with Gasteiger partial charge in [-0.2, -0.15) is 0 Å². The van der Waals surface area contributed by atoms with Crippen LogP contribution in [0.2, 0.25) is 0 Å². The van der Waals surface area contributed by atoms with E-state index in [1.54, 1.807) is 7.11 Å². The van der Waals surface area contributed by atoms with Gasteiger partial charge in [0.25, 0.3) is 0 Å². The highest BCUT2D eigenvalue weighted by Gasteiger charge is 2.17. The molecule has 100 valence electrons. The molecule has 1 N–H and O–H groups in total. The topological polar surface area (TPSA) is 21.3 Å². The zero-order valence-electron chi connectivity index (χ0n) is 11.6. The lowest BCUT2D eigenvalue weighted by Crippen LogP contribution is -2.18. The number of rotatable bonds is 4. The maximum Gasteiger partial charge on any atom is 0.120 e. The Balaban J connectivity index is 1.92. The lowest BCUT2D eigenvalue weighted by molar-refractivity contribution is 0.415. The molecule has 1 fully saturated rings. The molecule has 1 saturated carbocycles. The zero-order valence-corrected chi connectivity index (χ0v) is 11.6. The molecular weight excluding hydrogens is 222 g/mol. The van der Waals surface area contributed by atoms with Crippen molar-refractivity contribution in [1.82, 2.24) is 0 Å². The molecule has 1 aromatic carbocycles. The number of methoxy groups -OCH3 is 1. The van der Waals surface area contributed by atoms with E-state index in [0.717, 1.165) is 11.7 Å². The predicted octanol–water partition coefficient (Wildman–Crippen LogP) is 4.47. The van der Waals surface area contributed by atoms with Gasteiger partial charge < -0.3 is 10.1 Å². The summed E-state index contributed by atoms with van der Waals surface area (Å²) in [5, 5.41) is 3.66. The Morgan fingerprint density at radius 1 is 1.22 bits per heavy atom. The largest absolute Gasteiger partial charge is 0.497 e. The first-order valence-corrected chi connectivity index (χ1v) is 7.22. The Hall–Kier alpha value is -1.18. The van der Waals surface area contributed by atoms with Crippen molar-refractivity contribution in [3.63, 3.8) is 0 Å². The number of anilines is 1. The van der Waals surface area contributed by atoms with E-state index < -0.39 is 0 Å². The van der Waals surface area contributed by atoms with Crippen LogP contribution in [0.25, 0.3) is 0 Å². The highest BCUT2D eigenvalue weighted by molar-refractivity contribution is 5.48. The molecule has 2 rings (SSSR count). The maximum absolute atomic E-state index is 5.26. The minimum absolute atomic E-state index is 0.633. The molecule has 2 nitrogen and oxygen atoms in total. The van der Waals surface area contributed by atoms with Gasteiger partial charge >= 0.3 is 0 Å². The fourth-order valence-corrected chi connectivity index (χ4v) is 2.88. The van der Waals surface area contributed by atoms with Crippen LogP contribution in [0.15, 0.2) is 24.3 Å². The molecule has 0 amide bonds. The van der Waals surface area contributed by atoms with Gasteiger partial charge in [0, 0.05) is 17.8 Å². The van der Waals surface area contributed by atoms with Crippen molar-refractivity contribution in [2.45, 2.75) is 51.5 Å². The Bertz CT molecular complexity index is 364. The monoisotopic (exact) mass is 247 g/mol. The molecule has 0 heterocycles. The van der Waals surface area contributed by atoms with E-state index in [0.29, 0.717) is 6.04 Å². The second-order valence-electron chi connectivity index (χ2n) is 5.36. The first kappa shape index (κ1) is 13.3. The minimum Gasteiger partial charge on any atom is -0.497 e. The summed E-state index contributed by atoms with van der Waals surface area (Å²) in [5.41, 5.74) is 1.19. The molecular formula is C16H25NO. The fraction of sp³-hybridized carbons (Fsp3) is 0.625. The van der Waals surface area contributed by atoms with Gasteiger partial charge in [-0.05, 0) is 37.3 Å². The van der Waals surface area contributed by atoms with Crippen molar-refractivity contribution in [3.05, 3.63) is 24.3 Å². The summed E-state index contributed by atoms with van der Waals surface area (Å²) in [6, 6.07) is 8.89. The van der Waals surface area contributed by atoms with E-state index in [-0.39, 0.29) is 0 Å². The maximum atomic E-state index is 5.26. The van der Waals surface area contributed by atoms with E-state index in [1.807, 2.05) is 12.1 Å². The Kier molecular flexibility index (Phi) is 4.91. The highest BCUT2D eigenvalue weighted by Crippen LogP contribution is 2.28. The molecule has 0 bridgehead atoms. The summed E-state index contributed by atoms with van der Waals surface area (Å²) in [5.74, 6) is 1.88. The van der Waals surface area contributed by atoms with Gasteiger partial charge in [-0.1, -0.05) is 32.3 Å². The van der Waals surface area contributed by atoms with Crippen LogP contribution < -0.4 is 10.1 Å². The second kappa shape index (κ2) is 6.67. The van der Waals surface area contributed by atoms with Crippen LogP contribution in [0.1, 0.15) is 45.4 Å². The van der Waals surface area contributed by atoms with E-state index in [2.05, 4.69) is 24.4 Å². The number of hydrogen-bond donors (Lipinski definition) is 1. The first-order valence-electron chi connectivity index (χ1n) is 7.22. The quantitative estimate of drug-likeness (QED) is 0.793. The first-order chi connectivity index (χ1) is 8.81. The molecule has 1 aliphatic carbocycles. The van der Waals surface area contributed by atoms with Crippen molar-refractivity contribution >= 4 is 5.69 Å². The molecule has 0 saturated heterocycles. The van der Waals surface area contributed by atoms with Crippen molar-refractivity contribution < 1.29 is 4.74 Å². The van der Waals surface area contributed by atoms with Crippen molar-refractivity contribution in [1.29, 1.82) is 0 Å². The Morgan fingerprint density at radius 2 is 2.11 bits per heavy atom. The molecule has 1 aromatic rings. The lowest BCUT2D eigenvalue weighted by atomic mass is 9.98. The summed E-state index contributed by atoms with van der Waals surface area (Å²) in [6.07, 6.45) is 8.08. The number of ether oxygens (including phenoxy) is 1. The van der Waals surface area contributed by atoms with Crippen LogP contribution in [0, 0.1) is 5.92 Å². The summed E-state index contributed by atoms with van der Waals surface area (Å²) in [4.78, 5) is 0. The van der Waals surface area contributed by atoms with Gasteiger partial charge in [-0.15, -0.1) is 0 Å². The molecule has 2 atom stereocenters. The van der Waals surface area contributed by atoms with Crippen LogP contribution >= 0.6 is 0 Å². The summed E-state index contributed by atoms with van der Waals surface area (Å²) < 4.78 is 5.26. The second-order valence-corrected chi connectivity index (χ2v) is 5.36. The molecule has 18 heavy (non-hydrogen) atoms. The van der Waals surface area contributed by atoms with Gasteiger partial charge in [-0.3, -0.25) is 0 Å². The molecule has 0 radical (unpaired) electrons. The van der Waals surface area contributed by atoms with Crippen molar-refractivity contribution in [2.75, 3.05) is 12.4 Å². The number of benzene rings is 1. The Morgan fingerprint density at radius 3 is 2.89 bits per heavy atom. The van der Waals surface area contributed by atoms with Gasteiger partial charge in [-0.25, -0.2) is 0 Å². The third-order valence-electron chi connectivity index (χ3n) is 4.11. The van der Waals surface area contributed by atoms with Gasteiger partial charge in [0.2, 0.25) is 0 Å². The average Bonchev–Trinajstić information content (AvgIpc) is 2.64. The van der Waals surface area contributed by atoms with Crippen molar-refractivity contribution in [3.8, 4) is 5.75 Å². The van der Waals surface area contributed by atoms with E-state index in [4.69, 9.17) is 4.74 Å². The third-order valence-corrected chi connectivity index (χ3v) is 4.11. The number of nitrogens with one attached hydrogen (secondary N) is 1. The van der Waals surface area contributed by atoms with Crippen LogP contribution in [-0.4, -0.2) is 13.2 Å². The predicted molar refractivity (Wildman–Crippen MR) is 77.3 cm³/mol. The third kappa shape index (κ3) is 3.66. The summed E-state index contributed by atoms with van der Waals surface area (Å²) >= 11 is 0. The minimum atomic E-state index is 0.633. The van der Waals surface area contributed by atoms with E-state index in [1.165, 1.54) is 44.2 Å². The van der Waals surface area contributed by atoms with E-state index in [9.17, 15) is 0 Å². The highest BCUT2D eigenvalue weighted by atomic mass is 16.5. The van der Waals surface area contributed by atoms with Crippen molar-refractivity contribution in [2.24, 2.45) is 5.92 Å². The zero-order chi connectivity index (χ0) is 12.8. The normalized spacial score (nSPS) is 24.3. The number of hydrogen-bond acceptors (Lipinski definition) is 2. The van der Waals surface area contributed by atoms with Gasteiger partial charge in [0.05, 0.1) is 7.11 Å². The molecule has 2 unspecified atom stereocenters. The lowest BCUT2D eigenvalue weighted by Gasteiger charge is -2.18. The molecule has 2 heteroatoms. The van der Waals surface area contributed by atoms with E-state index >= 15 is 0 Å². The molecule has 1 aliphatic rings. The Labute approximate surface area is 111 Å². The molecule has 0 spiro atoms. The van der Waals surface area contributed by atoms with Gasteiger partial charge in [0.15, 0.2) is 0 Å².